The number of carbonyl (C=O) groups is 1. The van der Waals surface area contributed by atoms with Gasteiger partial charge in [-0.15, -0.1) is 0 Å². The van der Waals surface area contributed by atoms with Gasteiger partial charge in [0, 0.05) is 25.8 Å². The summed E-state index contributed by atoms with van der Waals surface area (Å²) in [5, 5.41) is 2.84. The quantitative estimate of drug-likeness (QED) is 0.823. The topological polar surface area (TPSA) is 45.5 Å². The van der Waals surface area contributed by atoms with Crippen molar-refractivity contribution in [2.24, 2.45) is 0 Å². The van der Waals surface area contributed by atoms with Gasteiger partial charge < -0.3 is 14.6 Å². The number of nitrogens with one attached hydrogen (secondary N) is 1. The number of benzene rings is 1. The molecule has 1 aromatic heterocycles. The Bertz CT molecular complexity index is 554. The summed E-state index contributed by atoms with van der Waals surface area (Å²) in [6, 6.07) is 13.5. The molecule has 0 fully saturated rings. The molecule has 1 amide bonds. The number of amides is 1. The van der Waals surface area contributed by atoms with E-state index in [1.165, 1.54) is 5.69 Å². The third kappa shape index (κ3) is 4.13. The Hall–Kier alpha value is -1.75. The highest BCUT2D eigenvalue weighted by molar-refractivity contribution is 9.10. The fraction of sp³-hybridized carbons (Fsp3) is 0.267. The summed E-state index contributed by atoms with van der Waals surface area (Å²) >= 11 is 3.17. The Labute approximate surface area is 126 Å². The van der Waals surface area contributed by atoms with Crippen molar-refractivity contribution in [2.75, 3.05) is 25.0 Å². The van der Waals surface area contributed by atoms with Crippen LogP contribution in [0.25, 0.3) is 0 Å². The molecule has 1 aromatic carbocycles. The molecule has 0 saturated heterocycles. The molecule has 0 atom stereocenters. The molecular formula is C15H17BrN2O2. The standard InChI is InChI=1S/C15H17BrN2O2/c1-18(12-6-3-2-4-7-12)11-5-10-17-15(19)13-8-9-14(16)20-13/h2-4,6-9H,5,10-11H2,1H3,(H,17,19). The molecule has 2 rings (SSSR count). The highest BCUT2D eigenvalue weighted by Crippen LogP contribution is 2.14. The number of nitrogens with zero attached hydrogens (tertiary/aromatic N) is 1. The lowest BCUT2D eigenvalue weighted by atomic mass is 10.3. The zero-order chi connectivity index (χ0) is 14.4. The number of anilines is 1. The maximum Gasteiger partial charge on any atom is 0.287 e. The normalized spacial score (nSPS) is 10.3. The van der Waals surface area contributed by atoms with E-state index in [4.69, 9.17) is 4.42 Å². The smallest absolute Gasteiger partial charge is 0.287 e. The number of rotatable bonds is 6. The fourth-order valence-corrected chi connectivity index (χ4v) is 2.16. The van der Waals surface area contributed by atoms with Crippen molar-refractivity contribution in [3.8, 4) is 0 Å². The average molecular weight is 337 g/mol. The van der Waals surface area contributed by atoms with Crippen LogP contribution in [-0.4, -0.2) is 26.0 Å². The van der Waals surface area contributed by atoms with Gasteiger partial charge in [-0.1, -0.05) is 18.2 Å². The average Bonchev–Trinajstić information content (AvgIpc) is 2.91. The second kappa shape index (κ2) is 7.14. The van der Waals surface area contributed by atoms with E-state index >= 15 is 0 Å². The summed E-state index contributed by atoms with van der Waals surface area (Å²) in [6.07, 6.45) is 0.874. The van der Waals surface area contributed by atoms with Crippen LogP contribution in [-0.2, 0) is 0 Å². The first-order valence-electron chi connectivity index (χ1n) is 6.46. The molecule has 0 spiro atoms. The van der Waals surface area contributed by atoms with Gasteiger partial charge in [0.15, 0.2) is 10.4 Å². The predicted octanol–water partition coefficient (Wildman–Crippen LogP) is 3.30. The summed E-state index contributed by atoms with van der Waals surface area (Å²) in [5.74, 6) is 0.145. The van der Waals surface area contributed by atoms with Crippen LogP contribution in [0, 0.1) is 0 Å². The number of halogens is 1. The minimum atomic E-state index is -0.182. The third-order valence-electron chi connectivity index (χ3n) is 2.95. The Balaban J connectivity index is 1.70. The van der Waals surface area contributed by atoms with Gasteiger partial charge in [-0.2, -0.15) is 0 Å². The molecule has 0 aliphatic heterocycles. The fourth-order valence-electron chi connectivity index (χ4n) is 1.85. The summed E-state index contributed by atoms with van der Waals surface area (Å²) in [5.41, 5.74) is 1.17. The van der Waals surface area contributed by atoms with Crippen molar-refractivity contribution < 1.29 is 9.21 Å². The number of carbonyl (C=O) groups excluding carboxylic acids is 1. The second-order valence-electron chi connectivity index (χ2n) is 4.47. The molecule has 0 aliphatic carbocycles. The first-order valence-corrected chi connectivity index (χ1v) is 7.26. The predicted molar refractivity (Wildman–Crippen MR) is 83.1 cm³/mol. The molecule has 0 saturated carbocycles. The summed E-state index contributed by atoms with van der Waals surface area (Å²) in [7, 11) is 2.04. The van der Waals surface area contributed by atoms with Gasteiger partial charge in [0.05, 0.1) is 0 Å². The lowest BCUT2D eigenvalue weighted by molar-refractivity contribution is 0.0924. The van der Waals surface area contributed by atoms with Crippen molar-refractivity contribution in [3.05, 3.63) is 52.9 Å². The molecule has 20 heavy (non-hydrogen) atoms. The SMILES string of the molecule is CN(CCCNC(=O)c1ccc(Br)o1)c1ccccc1. The molecule has 106 valence electrons. The number of hydrogen-bond acceptors (Lipinski definition) is 3. The monoisotopic (exact) mass is 336 g/mol. The zero-order valence-corrected chi connectivity index (χ0v) is 12.9. The molecule has 0 unspecified atom stereocenters. The molecular weight excluding hydrogens is 320 g/mol. The molecule has 0 bridgehead atoms. The van der Waals surface area contributed by atoms with Crippen LogP contribution >= 0.6 is 15.9 Å². The summed E-state index contributed by atoms with van der Waals surface area (Å²) in [4.78, 5) is 13.9. The van der Waals surface area contributed by atoms with Crippen molar-refractivity contribution in [2.45, 2.75) is 6.42 Å². The van der Waals surface area contributed by atoms with E-state index in [0.29, 0.717) is 17.0 Å². The minimum absolute atomic E-state index is 0.182. The van der Waals surface area contributed by atoms with Gasteiger partial charge in [-0.05, 0) is 46.6 Å². The van der Waals surface area contributed by atoms with E-state index in [-0.39, 0.29) is 5.91 Å². The maximum atomic E-state index is 11.7. The van der Waals surface area contributed by atoms with Crippen molar-refractivity contribution in [1.29, 1.82) is 0 Å². The number of para-hydroxylation sites is 1. The van der Waals surface area contributed by atoms with Gasteiger partial charge in [0.1, 0.15) is 0 Å². The van der Waals surface area contributed by atoms with E-state index in [1.807, 2.05) is 25.2 Å². The van der Waals surface area contributed by atoms with Gasteiger partial charge in [-0.25, -0.2) is 0 Å². The maximum absolute atomic E-state index is 11.7. The van der Waals surface area contributed by atoms with Gasteiger partial charge >= 0.3 is 0 Å². The van der Waals surface area contributed by atoms with Gasteiger partial charge in [0.2, 0.25) is 0 Å². The summed E-state index contributed by atoms with van der Waals surface area (Å²) in [6.45, 7) is 1.50. The Kier molecular flexibility index (Phi) is 5.24. The lowest BCUT2D eigenvalue weighted by Gasteiger charge is -2.19. The van der Waals surface area contributed by atoms with Crippen LogP contribution in [0.1, 0.15) is 17.0 Å². The van der Waals surface area contributed by atoms with Crippen molar-refractivity contribution in [1.82, 2.24) is 5.32 Å². The molecule has 5 heteroatoms. The molecule has 1 heterocycles. The van der Waals surface area contributed by atoms with Crippen molar-refractivity contribution in [3.63, 3.8) is 0 Å². The lowest BCUT2D eigenvalue weighted by Crippen LogP contribution is -2.27. The van der Waals surface area contributed by atoms with E-state index in [0.717, 1.165) is 13.0 Å². The largest absolute Gasteiger partial charge is 0.444 e. The van der Waals surface area contributed by atoms with Crippen LogP contribution in [0.2, 0.25) is 0 Å². The first kappa shape index (κ1) is 14.7. The molecule has 2 aromatic rings. The molecule has 4 nitrogen and oxygen atoms in total. The Morgan fingerprint density at radius 3 is 2.65 bits per heavy atom. The Morgan fingerprint density at radius 2 is 2.00 bits per heavy atom. The summed E-state index contributed by atoms with van der Waals surface area (Å²) < 4.78 is 5.75. The second-order valence-corrected chi connectivity index (χ2v) is 5.25. The van der Waals surface area contributed by atoms with E-state index < -0.39 is 0 Å². The zero-order valence-electron chi connectivity index (χ0n) is 11.3. The van der Waals surface area contributed by atoms with Gasteiger partial charge in [-0.3, -0.25) is 4.79 Å². The van der Waals surface area contributed by atoms with Crippen LogP contribution < -0.4 is 10.2 Å². The van der Waals surface area contributed by atoms with E-state index in [9.17, 15) is 4.79 Å². The Morgan fingerprint density at radius 1 is 1.25 bits per heavy atom. The van der Waals surface area contributed by atoms with Crippen LogP contribution in [0.4, 0.5) is 5.69 Å². The third-order valence-corrected chi connectivity index (χ3v) is 3.38. The first-order chi connectivity index (χ1) is 9.66. The minimum Gasteiger partial charge on any atom is -0.444 e. The van der Waals surface area contributed by atoms with Crippen LogP contribution in [0.3, 0.4) is 0 Å². The van der Waals surface area contributed by atoms with E-state index in [2.05, 4.69) is 38.3 Å². The van der Waals surface area contributed by atoms with Gasteiger partial charge in [0.25, 0.3) is 5.91 Å². The highest BCUT2D eigenvalue weighted by atomic mass is 79.9. The molecule has 0 aliphatic rings. The van der Waals surface area contributed by atoms with Crippen LogP contribution in [0.5, 0.6) is 0 Å². The number of hydrogen-bond donors (Lipinski definition) is 1. The molecule has 0 radical (unpaired) electrons. The number of furan rings is 1. The molecule has 1 N–H and O–H groups in total. The van der Waals surface area contributed by atoms with E-state index in [1.54, 1.807) is 12.1 Å². The van der Waals surface area contributed by atoms with Crippen LogP contribution in [0.15, 0.2) is 51.6 Å². The van der Waals surface area contributed by atoms with Crippen molar-refractivity contribution >= 4 is 27.5 Å². The highest BCUT2D eigenvalue weighted by Gasteiger charge is 2.09.